The number of hydrogen-bond donors (Lipinski definition) is 3. The van der Waals surface area contributed by atoms with E-state index in [1.807, 2.05) is 38.1 Å². The summed E-state index contributed by atoms with van der Waals surface area (Å²) < 4.78 is 0. The highest BCUT2D eigenvalue weighted by Gasteiger charge is 2.21. The fourth-order valence-corrected chi connectivity index (χ4v) is 3.67. The third-order valence-electron chi connectivity index (χ3n) is 4.05. The van der Waals surface area contributed by atoms with E-state index in [2.05, 4.69) is 10.6 Å². The van der Waals surface area contributed by atoms with Crippen LogP contribution < -0.4 is 16.4 Å². The number of hydrogen-bond acceptors (Lipinski definition) is 4. The molecule has 0 spiro atoms. The Labute approximate surface area is 160 Å². The zero-order valence-corrected chi connectivity index (χ0v) is 16.4. The van der Waals surface area contributed by atoms with Gasteiger partial charge in [-0.25, -0.2) is 0 Å². The highest BCUT2D eigenvalue weighted by molar-refractivity contribution is 8.00. The van der Waals surface area contributed by atoms with Gasteiger partial charge in [0.05, 0.1) is 11.3 Å². The lowest BCUT2D eigenvalue weighted by atomic mass is 9.91. The molecule has 1 aromatic rings. The first-order valence-corrected chi connectivity index (χ1v) is 9.52. The van der Waals surface area contributed by atoms with Gasteiger partial charge >= 0.3 is 0 Å². The molecule has 1 saturated carbocycles. The molecule has 2 amide bonds. The molecular formula is C18H28ClN3O2S. The van der Waals surface area contributed by atoms with Gasteiger partial charge in [0, 0.05) is 23.0 Å². The van der Waals surface area contributed by atoms with E-state index < -0.39 is 0 Å². The topological polar surface area (TPSA) is 84.2 Å². The number of thioether (sulfide) groups is 1. The minimum atomic E-state index is -0.0668. The van der Waals surface area contributed by atoms with Crippen molar-refractivity contribution < 1.29 is 9.59 Å². The molecule has 0 atom stereocenters. The van der Waals surface area contributed by atoms with Gasteiger partial charge in [-0.15, -0.1) is 24.2 Å². The normalized spacial score (nSPS) is 19.8. The van der Waals surface area contributed by atoms with Crippen LogP contribution in [0.4, 0.5) is 0 Å². The van der Waals surface area contributed by atoms with Crippen molar-refractivity contribution in [2.45, 2.75) is 62.6 Å². The van der Waals surface area contributed by atoms with Crippen molar-refractivity contribution >= 4 is 36.0 Å². The number of nitrogens with one attached hydrogen (secondary N) is 2. The summed E-state index contributed by atoms with van der Waals surface area (Å²) in [5.41, 5.74) is 6.55. The van der Waals surface area contributed by atoms with Crippen LogP contribution in [0.15, 0.2) is 29.2 Å². The molecule has 0 aromatic heterocycles. The van der Waals surface area contributed by atoms with Crippen LogP contribution >= 0.6 is 24.2 Å². The van der Waals surface area contributed by atoms with Gasteiger partial charge in [-0.3, -0.25) is 9.59 Å². The average Bonchev–Trinajstić information content (AvgIpc) is 2.54. The van der Waals surface area contributed by atoms with Crippen molar-refractivity contribution in [3.05, 3.63) is 29.8 Å². The Morgan fingerprint density at radius 3 is 2.48 bits per heavy atom. The Morgan fingerprint density at radius 2 is 1.84 bits per heavy atom. The van der Waals surface area contributed by atoms with Crippen LogP contribution in [0.3, 0.4) is 0 Å². The molecular weight excluding hydrogens is 358 g/mol. The molecule has 2 rings (SSSR count). The summed E-state index contributed by atoms with van der Waals surface area (Å²) in [6.07, 6.45) is 3.77. The van der Waals surface area contributed by atoms with Gasteiger partial charge in [0.25, 0.3) is 5.91 Å². The summed E-state index contributed by atoms with van der Waals surface area (Å²) in [5, 5.41) is 5.97. The average molecular weight is 386 g/mol. The van der Waals surface area contributed by atoms with Crippen LogP contribution in [0.2, 0.25) is 0 Å². The molecule has 0 saturated heterocycles. The predicted molar refractivity (Wildman–Crippen MR) is 105 cm³/mol. The number of rotatable bonds is 6. The predicted octanol–water partition coefficient (Wildman–Crippen LogP) is 2.72. The molecule has 4 N–H and O–H groups in total. The van der Waals surface area contributed by atoms with E-state index >= 15 is 0 Å². The quantitative estimate of drug-likeness (QED) is 0.657. The second kappa shape index (κ2) is 10.7. The number of carbonyl (C=O) groups is 2. The molecule has 0 unspecified atom stereocenters. The van der Waals surface area contributed by atoms with Crippen molar-refractivity contribution in [3.63, 3.8) is 0 Å². The standard InChI is InChI=1S/C18H27N3O2S.ClH/c1-12(2)20-17(22)11-24-16-6-4-3-5-15(16)18(23)21-14-9-7-13(19)8-10-14;/h3-6,12-14H,7-11,19H2,1-2H3,(H,20,22)(H,21,23);1H. The molecule has 0 aliphatic heterocycles. The molecule has 0 bridgehead atoms. The Morgan fingerprint density at radius 1 is 1.20 bits per heavy atom. The molecule has 5 nitrogen and oxygen atoms in total. The summed E-state index contributed by atoms with van der Waals surface area (Å²) in [5.74, 6) is 0.218. The first kappa shape index (κ1) is 21.8. The number of amides is 2. The fourth-order valence-electron chi connectivity index (χ4n) is 2.81. The van der Waals surface area contributed by atoms with Crippen LogP contribution in [0.1, 0.15) is 49.9 Å². The Balaban J connectivity index is 0.00000312. The highest BCUT2D eigenvalue weighted by atomic mass is 35.5. The summed E-state index contributed by atoms with van der Waals surface area (Å²) in [6, 6.07) is 8.02. The molecule has 140 valence electrons. The molecule has 1 aromatic carbocycles. The minimum Gasteiger partial charge on any atom is -0.353 e. The first-order chi connectivity index (χ1) is 11.5. The smallest absolute Gasteiger partial charge is 0.252 e. The summed E-state index contributed by atoms with van der Waals surface area (Å²) in [6.45, 7) is 3.86. The number of carbonyl (C=O) groups excluding carboxylic acids is 2. The van der Waals surface area contributed by atoms with Gasteiger partial charge in [0.15, 0.2) is 0 Å². The van der Waals surface area contributed by atoms with Crippen molar-refractivity contribution in [2.75, 3.05) is 5.75 Å². The zero-order chi connectivity index (χ0) is 17.5. The van der Waals surface area contributed by atoms with E-state index in [1.54, 1.807) is 0 Å². The maximum atomic E-state index is 12.6. The van der Waals surface area contributed by atoms with Crippen LogP contribution in [0, 0.1) is 0 Å². The molecule has 1 fully saturated rings. The van der Waals surface area contributed by atoms with Gasteiger partial charge in [-0.2, -0.15) is 0 Å². The second-order valence-electron chi connectivity index (χ2n) is 6.59. The first-order valence-electron chi connectivity index (χ1n) is 8.53. The molecule has 0 heterocycles. The largest absolute Gasteiger partial charge is 0.353 e. The molecule has 25 heavy (non-hydrogen) atoms. The van der Waals surface area contributed by atoms with Gasteiger partial charge in [-0.1, -0.05) is 12.1 Å². The highest BCUT2D eigenvalue weighted by Crippen LogP contribution is 2.24. The van der Waals surface area contributed by atoms with E-state index in [9.17, 15) is 9.59 Å². The van der Waals surface area contributed by atoms with E-state index in [1.165, 1.54) is 11.8 Å². The van der Waals surface area contributed by atoms with Crippen molar-refractivity contribution in [2.24, 2.45) is 5.73 Å². The lowest BCUT2D eigenvalue weighted by Crippen LogP contribution is -2.40. The summed E-state index contributed by atoms with van der Waals surface area (Å²) >= 11 is 1.40. The van der Waals surface area contributed by atoms with E-state index in [4.69, 9.17) is 5.73 Å². The Hall–Kier alpha value is -1.24. The van der Waals surface area contributed by atoms with E-state index in [0.717, 1.165) is 30.6 Å². The Kier molecular flexibility index (Phi) is 9.32. The van der Waals surface area contributed by atoms with E-state index in [0.29, 0.717) is 11.3 Å². The number of halogens is 1. The van der Waals surface area contributed by atoms with Gasteiger partial charge < -0.3 is 16.4 Å². The summed E-state index contributed by atoms with van der Waals surface area (Å²) in [4.78, 5) is 25.2. The third-order valence-corrected chi connectivity index (χ3v) is 5.12. The van der Waals surface area contributed by atoms with Gasteiger partial charge in [0.2, 0.25) is 5.91 Å². The maximum absolute atomic E-state index is 12.6. The van der Waals surface area contributed by atoms with Crippen molar-refractivity contribution in [1.82, 2.24) is 10.6 Å². The molecule has 7 heteroatoms. The summed E-state index contributed by atoms with van der Waals surface area (Å²) in [7, 11) is 0. The molecule has 1 aliphatic carbocycles. The zero-order valence-electron chi connectivity index (χ0n) is 14.8. The SMILES string of the molecule is CC(C)NC(=O)CSc1ccccc1C(=O)NC1CCC(N)CC1.Cl. The van der Waals surface area contributed by atoms with Crippen molar-refractivity contribution in [1.29, 1.82) is 0 Å². The number of nitrogens with two attached hydrogens (primary N) is 1. The van der Waals surface area contributed by atoms with E-state index in [-0.39, 0.29) is 42.3 Å². The van der Waals surface area contributed by atoms with Crippen LogP contribution in [0.25, 0.3) is 0 Å². The monoisotopic (exact) mass is 385 g/mol. The maximum Gasteiger partial charge on any atom is 0.252 e. The molecule has 0 radical (unpaired) electrons. The number of benzene rings is 1. The molecule has 1 aliphatic rings. The minimum absolute atomic E-state index is 0. The van der Waals surface area contributed by atoms with Gasteiger partial charge in [0.1, 0.15) is 0 Å². The fraction of sp³-hybridized carbons (Fsp3) is 0.556. The van der Waals surface area contributed by atoms with Crippen LogP contribution in [-0.2, 0) is 4.79 Å². The van der Waals surface area contributed by atoms with Crippen LogP contribution in [0.5, 0.6) is 0 Å². The lowest BCUT2D eigenvalue weighted by molar-refractivity contribution is -0.119. The third kappa shape index (κ3) is 7.26. The van der Waals surface area contributed by atoms with Crippen LogP contribution in [-0.4, -0.2) is 35.7 Å². The van der Waals surface area contributed by atoms with Gasteiger partial charge in [-0.05, 0) is 51.7 Å². The second-order valence-corrected chi connectivity index (χ2v) is 7.61. The van der Waals surface area contributed by atoms with Crippen molar-refractivity contribution in [3.8, 4) is 0 Å². The lowest BCUT2D eigenvalue weighted by Gasteiger charge is -2.27. The Bertz CT molecular complexity index is 575.